The van der Waals surface area contributed by atoms with Gasteiger partial charge in [-0.3, -0.25) is 9.89 Å². The summed E-state index contributed by atoms with van der Waals surface area (Å²) in [5, 5.41) is 22.2. The van der Waals surface area contributed by atoms with Crippen molar-refractivity contribution in [1.29, 1.82) is 0 Å². The van der Waals surface area contributed by atoms with Gasteiger partial charge in [-0.1, -0.05) is 12.1 Å². The molecule has 0 bridgehead atoms. The molecule has 1 saturated heterocycles. The molecule has 12 heteroatoms. The van der Waals surface area contributed by atoms with Crippen LogP contribution in [-0.4, -0.2) is 40.5 Å². The van der Waals surface area contributed by atoms with Crippen LogP contribution in [0.4, 0.5) is 37.8 Å². The van der Waals surface area contributed by atoms with Crippen molar-refractivity contribution in [2.45, 2.75) is 43.1 Å². The zero-order chi connectivity index (χ0) is 27.7. The molecule has 1 unspecified atom stereocenters. The van der Waals surface area contributed by atoms with Gasteiger partial charge in [0.1, 0.15) is 0 Å². The fourth-order valence-corrected chi connectivity index (χ4v) is 5.68. The first kappa shape index (κ1) is 25.5. The number of fused-ring (bicyclic) bond motifs is 3. The number of aromatic nitrogens is 2. The average Bonchev–Trinajstić information content (AvgIpc) is 3.30. The lowest BCUT2D eigenvalue weighted by Gasteiger charge is -2.37. The van der Waals surface area contributed by atoms with Gasteiger partial charge in [-0.2, -0.15) is 31.4 Å². The number of aromatic amines is 1. The maximum atomic E-state index is 13.9. The van der Waals surface area contributed by atoms with Crippen molar-refractivity contribution in [3.05, 3.63) is 65.4 Å². The van der Waals surface area contributed by atoms with E-state index < -0.39 is 41.4 Å². The van der Waals surface area contributed by atoms with Crippen molar-refractivity contribution in [3.63, 3.8) is 0 Å². The summed E-state index contributed by atoms with van der Waals surface area (Å²) in [7, 11) is 0. The number of hydrogen-bond acceptors (Lipinski definition) is 4. The van der Waals surface area contributed by atoms with E-state index in [0.29, 0.717) is 36.7 Å². The van der Waals surface area contributed by atoms with Gasteiger partial charge in [0, 0.05) is 30.4 Å². The molecule has 2 aliphatic heterocycles. The van der Waals surface area contributed by atoms with Crippen molar-refractivity contribution in [3.8, 4) is 0 Å². The van der Waals surface area contributed by atoms with Gasteiger partial charge in [-0.25, -0.2) is 0 Å². The third-order valence-corrected chi connectivity index (χ3v) is 7.73. The van der Waals surface area contributed by atoms with Crippen LogP contribution in [0, 0.1) is 0 Å². The van der Waals surface area contributed by atoms with Gasteiger partial charge in [0.15, 0.2) is 11.4 Å². The van der Waals surface area contributed by atoms with Gasteiger partial charge >= 0.3 is 12.4 Å². The van der Waals surface area contributed by atoms with Crippen LogP contribution >= 0.6 is 0 Å². The molecule has 6 nitrogen and oxygen atoms in total. The van der Waals surface area contributed by atoms with E-state index in [4.69, 9.17) is 0 Å². The third-order valence-electron chi connectivity index (χ3n) is 7.73. The fourth-order valence-electron chi connectivity index (χ4n) is 5.68. The van der Waals surface area contributed by atoms with E-state index in [-0.39, 0.29) is 17.4 Å². The quantitative estimate of drug-likeness (QED) is 0.206. The van der Waals surface area contributed by atoms with Crippen LogP contribution in [0.1, 0.15) is 42.0 Å². The first-order valence-corrected chi connectivity index (χ1v) is 12.3. The van der Waals surface area contributed by atoms with Crippen LogP contribution in [0.3, 0.4) is 0 Å². The number of rotatable bonds is 2. The Morgan fingerprint density at radius 1 is 0.897 bits per heavy atom. The Hall–Kier alpha value is -3.80. The van der Waals surface area contributed by atoms with E-state index in [1.54, 1.807) is 6.07 Å². The Kier molecular flexibility index (Phi) is 5.62. The number of aliphatic hydroxyl groups is 1. The lowest BCUT2D eigenvalue weighted by atomic mass is 9.81. The van der Waals surface area contributed by atoms with Gasteiger partial charge in [0.25, 0.3) is 0 Å². The summed E-state index contributed by atoms with van der Waals surface area (Å²) < 4.78 is 81.1. The highest BCUT2D eigenvalue weighted by Gasteiger charge is 2.61. The second-order valence-electron chi connectivity index (χ2n) is 10.1. The van der Waals surface area contributed by atoms with Crippen LogP contribution in [0.15, 0.2) is 48.5 Å². The maximum Gasteiger partial charge on any atom is 0.422 e. The zero-order valence-electron chi connectivity index (χ0n) is 20.2. The molecule has 3 N–H and O–H groups in total. The Balaban J connectivity index is 1.25. The highest BCUT2D eigenvalue weighted by atomic mass is 19.4. The molecule has 4 aromatic rings. The van der Waals surface area contributed by atoms with Crippen LogP contribution in [0.2, 0.25) is 0 Å². The number of nitrogens with zero attached hydrogens (tertiary/aromatic N) is 2. The molecular formula is C27H22F6N4O2. The molecule has 2 aliphatic rings. The molecule has 0 aliphatic carbocycles. The van der Waals surface area contributed by atoms with Crippen LogP contribution in [0.25, 0.3) is 21.5 Å². The molecule has 0 radical (unpaired) electrons. The van der Waals surface area contributed by atoms with Crippen LogP contribution < -0.4 is 10.2 Å². The molecule has 1 fully saturated rings. The number of alkyl halides is 6. The van der Waals surface area contributed by atoms with Crippen LogP contribution in [0.5, 0.6) is 0 Å². The summed E-state index contributed by atoms with van der Waals surface area (Å²) in [6.07, 6.45) is -9.72. The predicted octanol–water partition coefficient (Wildman–Crippen LogP) is 6.21. The molecule has 3 aromatic carbocycles. The second kappa shape index (κ2) is 8.60. The minimum absolute atomic E-state index is 0.162. The predicted molar refractivity (Wildman–Crippen MR) is 132 cm³/mol. The second-order valence-corrected chi connectivity index (χ2v) is 10.1. The minimum atomic E-state index is -5.06. The highest BCUT2D eigenvalue weighted by molar-refractivity contribution is 5.99. The third kappa shape index (κ3) is 4.26. The number of piperidine rings is 1. The number of halogens is 6. The molecule has 204 valence electrons. The Labute approximate surface area is 217 Å². The van der Waals surface area contributed by atoms with Crippen molar-refractivity contribution >= 4 is 39.0 Å². The van der Waals surface area contributed by atoms with Gasteiger partial charge < -0.3 is 15.3 Å². The van der Waals surface area contributed by atoms with Crippen molar-refractivity contribution in [1.82, 2.24) is 10.2 Å². The molecule has 6 rings (SSSR count). The number of anilines is 2. The minimum Gasteiger partial charge on any atom is -0.376 e. The SMILES string of the molecule is O=C1CC(O)(C(F)(F)F)c2c(n[nH]c2C2CCN(c3ccc4cc5ccc(C(F)(F)F)cc5cc4c3)CC2)N1. The standard InChI is InChI=1S/C27H22F6N4O2/c28-26(29,30)19-3-1-15-9-16-2-4-20(12-18(16)10-17(15)11-19)37-7-5-14(6-8-37)23-22-24(36-35-23)34-21(38)13-25(22,39)27(31,32)33/h1-4,9-12,14,39H,5-8,13H2,(H2,34,35,36,38). The summed E-state index contributed by atoms with van der Waals surface area (Å²) in [5.74, 6) is -1.63. The van der Waals surface area contributed by atoms with E-state index in [1.165, 1.54) is 6.07 Å². The number of hydrogen-bond donors (Lipinski definition) is 3. The van der Waals surface area contributed by atoms with E-state index in [0.717, 1.165) is 28.6 Å². The van der Waals surface area contributed by atoms with E-state index in [2.05, 4.69) is 20.4 Å². The van der Waals surface area contributed by atoms with Gasteiger partial charge in [-0.15, -0.1) is 0 Å². The summed E-state index contributed by atoms with van der Waals surface area (Å²) in [6.45, 7) is 0.985. The Morgan fingerprint density at radius 2 is 1.54 bits per heavy atom. The van der Waals surface area contributed by atoms with Gasteiger partial charge in [-0.05, 0) is 70.8 Å². The zero-order valence-corrected chi connectivity index (χ0v) is 20.2. The van der Waals surface area contributed by atoms with E-state index in [1.807, 2.05) is 24.3 Å². The van der Waals surface area contributed by atoms with Gasteiger partial charge in [0.05, 0.1) is 17.5 Å². The van der Waals surface area contributed by atoms with Crippen molar-refractivity contribution < 1.29 is 36.2 Å². The first-order valence-electron chi connectivity index (χ1n) is 12.3. The molecule has 1 amide bonds. The summed E-state index contributed by atoms with van der Waals surface area (Å²) >= 11 is 0. The molecule has 0 spiro atoms. The molecular weight excluding hydrogens is 526 g/mol. The normalized spacial score (nSPS) is 20.9. The Morgan fingerprint density at radius 3 is 2.21 bits per heavy atom. The monoisotopic (exact) mass is 548 g/mol. The fraction of sp³-hybridized carbons (Fsp3) is 0.333. The largest absolute Gasteiger partial charge is 0.422 e. The smallest absolute Gasteiger partial charge is 0.376 e. The molecule has 0 saturated carbocycles. The highest BCUT2D eigenvalue weighted by Crippen LogP contribution is 2.50. The molecule has 3 heterocycles. The first-order chi connectivity index (χ1) is 18.3. The number of nitrogens with one attached hydrogen (secondary N) is 2. The number of benzene rings is 3. The Bertz CT molecular complexity index is 1600. The van der Waals surface area contributed by atoms with E-state index >= 15 is 0 Å². The van der Waals surface area contributed by atoms with Crippen LogP contribution in [-0.2, 0) is 16.6 Å². The van der Waals surface area contributed by atoms with Gasteiger partial charge in [0.2, 0.25) is 5.91 Å². The number of H-pyrrole nitrogens is 1. The lowest BCUT2D eigenvalue weighted by Crippen LogP contribution is -2.48. The molecule has 1 aromatic heterocycles. The summed E-state index contributed by atoms with van der Waals surface area (Å²) in [4.78, 5) is 13.9. The lowest BCUT2D eigenvalue weighted by molar-refractivity contribution is -0.267. The molecule has 39 heavy (non-hydrogen) atoms. The topological polar surface area (TPSA) is 81.2 Å². The van der Waals surface area contributed by atoms with E-state index in [9.17, 15) is 36.2 Å². The summed E-state index contributed by atoms with van der Waals surface area (Å²) in [5.41, 5.74) is -3.46. The van der Waals surface area contributed by atoms with Crippen molar-refractivity contribution in [2.24, 2.45) is 0 Å². The molecule has 1 atom stereocenters. The number of carbonyl (C=O) groups excluding carboxylic acids is 1. The maximum absolute atomic E-state index is 13.9. The summed E-state index contributed by atoms with van der Waals surface area (Å²) in [6, 6.07) is 12.9. The average molecular weight is 548 g/mol. The number of amides is 1. The number of carbonyl (C=O) groups is 1. The van der Waals surface area contributed by atoms with Crippen molar-refractivity contribution in [2.75, 3.05) is 23.3 Å².